The molecular formula is C22H32N4O3. The van der Waals surface area contributed by atoms with Crippen LogP contribution >= 0.6 is 0 Å². The highest BCUT2D eigenvalue weighted by atomic mass is 16.2. The van der Waals surface area contributed by atoms with E-state index in [9.17, 15) is 14.4 Å². The Hall–Kier alpha value is -2.57. The Morgan fingerprint density at radius 1 is 0.897 bits per heavy atom. The molecular weight excluding hydrogens is 368 g/mol. The molecule has 3 rings (SSSR count). The lowest BCUT2D eigenvalue weighted by Gasteiger charge is -2.20. The van der Waals surface area contributed by atoms with Gasteiger partial charge in [-0.25, -0.2) is 4.79 Å². The number of likely N-dealkylation sites (tertiary alicyclic amines) is 2. The average molecular weight is 401 g/mol. The molecule has 0 aromatic heterocycles. The monoisotopic (exact) mass is 400 g/mol. The van der Waals surface area contributed by atoms with Gasteiger partial charge in [0.25, 0.3) is 0 Å². The van der Waals surface area contributed by atoms with E-state index in [0.717, 1.165) is 56.3 Å². The van der Waals surface area contributed by atoms with Gasteiger partial charge in [0.05, 0.1) is 0 Å². The summed E-state index contributed by atoms with van der Waals surface area (Å²) in [6, 6.07) is 7.78. The van der Waals surface area contributed by atoms with E-state index in [2.05, 4.69) is 10.6 Å². The molecule has 1 aromatic rings. The number of carbonyl (C=O) groups is 3. The third kappa shape index (κ3) is 6.76. The van der Waals surface area contributed by atoms with Crippen molar-refractivity contribution in [1.29, 1.82) is 0 Å². The van der Waals surface area contributed by atoms with Crippen LogP contribution in [0.25, 0.3) is 0 Å². The van der Waals surface area contributed by atoms with Crippen LogP contribution in [0.2, 0.25) is 0 Å². The Morgan fingerprint density at radius 3 is 2.48 bits per heavy atom. The molecule has 4 amide bonds. The molecule has 2 N–H and O–H groups in total. The Kier molecular flexibility index (Phi) is 7.90. The van der Waals surface area contributed by atoms with Crippen LogP contribution in [-0.2, 0) is 22.7 Å². The summed E-state index contributed by atoms with van der Waals surface area (Å²) in [6.07, 6.45) is 6.19. The maximum Gasteiger partial charge on any atom is 0.315 e. The molecule has 2 saturated heterocycles. The van der Waals surface area contributed by atoms with Crippen LogP contribution in [0.3, 0.4) is 0 Å². The van der Waals surface area contributed by atoms with Crippen LogP contribution < -0.4 is 10.6 Å². The summed E-state index contributed by atoms with van der Waals surface area (Å²) < 4.78 is 0. The molecule has 7 nitrogen and oxygen atoms in total. The zero-order valence-corrected chi connectivity index (χ0v) is 17.1. The summed E-state index contributed by atoms with van der Waals surface area (Å²) >= 11 is 0. The molecule has 0 radical (unpaired) electrons. The van der Waals surface area contributed by atoms with Gasteiger partial charge in [-0.1, -0.05) is 30.7 Å². The van der Waals surface area contributed by atoms with Gasteiger partial charge in [-0.15, -0.1) is 0 Å². The van der Waals surface area contributed by atoms with Gasteiger partial charge in [-0.05, 0) is 36.8 Å². The zero-order valence-electron chi connectivity index (χ0n) is 17.1. The van der Waals surface area contributed by atoms with E-state index >= 15 is 0 Å². The molecule has 2 heterocycles. The van der Waals surface area contributed by atoms with E-state index in [1.807, 2.05) is 34.1 Å². The van der Waals surface area contributed by atoms with E-state index in [4.69, 9.17) is 0 Å². The highest BCUT2D eigenvalue weighted by molar-refractivity contribution is 5.78. The second kappa shape index (κ2) is 10.8. The molecule has 7 heteroatoms. The number of rotatable bonds is 8. The van der Waals surface area contributed by atoms with Crippen molar-refractivity contribution in [2.75, 3.05) is 26.2 Å². The zero-order chi connectivity index (χ0) is 20.5. The van der Waals surface area contributed by atoms with Crippen molar-refractivity contribution in [1.82, 2.24) is 20.4 Å². The highest BCUT2D eigenvalue weighted by Gasteiger charge is 2.20. The summed E-state index contributed by atoms with van der Waals surface area (Å²) in [5, 5.41) is 5.74. The van der Waals surface area contributed by atoms with E-state index in [-0.39, 0.29) is 17.8 Å². The molecule has 0 unspecified atom stereocenters. The standard InChI is InChI=1S/C22H32N4O3/c27-20-9-2-1-3-12-25(20)14-6-11-23-22(29)24-16-18-7-4-8-19(15-18)17-26-13-5-10-21(26)28/h4,7-8,15H,1-3,5-6,9-14,16-17H2,(H2,23,24,29). The van der Waals surface area contributed by atoms with Crippen LogP contribution in [0, 0.1) is 0 Å². The number of hydrogen-bond acceptors (Lipinski definition) is 3. The predicted octanol–water partition coefficient (Wildman–Crippen LogP) is 2.40. The first-order chi connectivity index (χ1) is 14.1. The van der Waals surface area contributed by atoms with Gasteiger partial charge in [-0.3, -0.25) is 9.59 Å². The number of benzene rings is 1. The number of amides is 4. The molecule has 0 aliphatic carbocycles. The van der Waals surface area contributed by atoms with E-state index < -0.39 is 0 Å². The van der Waals surface area contributed by atoms with Crippen molar-refractivity contribution in [2.45, 2.75) is 58.0 Å². The smallest absolute Gasteiger partial charge is 0.315 e. The molecule has 0 saturated carbocycles. The number of nitrogens with one attached hydrogen (secondary N) is 2. The van der Waals surface area contributed by atoms with Crippen LogP contribution in [0.4, 0.5) is 4.79 Å². The molecule has 1 aromatic carbocycles. The van der Waals surface area contributed by atoms with E-state index in [1.165, 1.54) is 0 Å². The number of urea groups is 1. The Bertz CT molecular complexity index is 722. The van der Waals surface area contributed by atoms with E-state index in [0.29, 0.717) is 39.0 Å². The second-order valence-electron chi connectivity index (χ2n) is 7.89. The molecule has 2 aliphatic rings. The summed E-state index contributed by atoms with van der Waals surface area (Å²) in [5.74, 6) is 0.456. The number of nitrogens with zero attached hydrogens (tertiary/aromatic N) is 2. The largest absolute Gasteiger partial charge is 0.343 e. The van der Waals surface area contributed by atoms with Crippen molar-refractivity contribution in [2.24, 2.45) is 0 Å². The summed E-state index contributed by atoms with van der Waals surface area (Å²) in [6.45, 7) is 3.99. The van der Waals surface area contributed by atoms with Gasteiger partial charge >= 0.3 is 6.03 Å². The lowest BCUT2D eigenvalue weighted by Crippen LogP contribution is -2.38. The molecule has 2 fully saturated rings. The van der Waals surface area contributed by atoms with Gasteiger partial charge in [0, 0.05) is 52.1 Å². The third-order valence-electron chi connectivity index (χ3n) is 5.55. The van der Waals surface area contributed by atoms with Crippen LogP contribution in [0.1, 0.15) is 56.1 Å². The first-order valence-corrected chi connectivity index (χ1v) is 10.8. The number of hydrogen-bond donors (Lipinski definition) is 2. The minimum absolute atomic E-state index is 0.202. The quantitative estimate of drug-likeness (QED) is 0.658. The lowest BCUT2D eigenvalue weighted by atomic mass is 10.1. The van der Waals surface area contributed by atoms with Crippen molar-refractivity contribution in [3.8, 4) is 0 Å². The lowest BCUT2D eigenvalue weighted by molar-refractivity contribution is -0.130. The van der Waals surface area contributed by atoms with Gasteiger partial charge in [-0.2, -0.15) is 0 Å². The first-order valence-electron chi connectivity index (χ1n) is 10.8. The topological polar surface area (TPSA) is 81.8 Å². The molecule has 158 valence electrons. The minimum Gasteiger partial charge on any atom is -0.343 e. The van der Waals surface area contributed by atoms with Crippen LogP contribution in [0.5, 0.6) is 0 Å². The van der Waals surface area contributed by atoms with Crippen LogP contribution in [-0.4, -0.2) is 53.8 Å². The SMILES string of the molecule is O=C(NCCCN1CCCCCC1=O)NCc1cccc(CN2CCCC2=O)c1. The van der Waals surface area contributed by atoms with Crippen molar-refractivity contribution in [3.05, 3.63) is 35.4 Å². The molecule has 0 atom stereocenters. The minimum atomic E-state index is -0.202. The second-order valence-corrected chi connectivity index (χ2v) is 7.89. The molecule has 0 spiro atoms. The first kappa shape index (κ1) is 21.1. The fourth-order valence-electron chi connectivity index (χ4n) is 3.92. The Balaban J connectivity index is 1.34. The van der Waals surface area contributed by atoms with Crippen molar-refractivity contribution < 1.29 is 14.4 Å². The molecule has 29 heavy (non-hydrogen) atoms. The molecule has 0 bridgehead atoms. The van der Waals surface area contributed by atoms with Gasteiger partial charge < -0.3 is 20.4 Å². The van der Waals surface area contributed by atoms with Crippen molar-refractivity contribution in [3.63, 3.8) is 0 Å². The normalized spacial score (nSPS) is 17.4. The summed E-state index contributed by atoms with van der Waals surface area (Å²) in [5.41, 5.74) is 2.10. The maximum atomic E-state index is 12.0. The average Bonchev–Trinajstić information content (AvgIpc) is 3.00. The summed E-state index contributed by atoms with van der Waals surface area (Å²) in [7, 11) is 0. The van der Waals surface area contributed by atoms with Gasteiger partial charge in [0.2, 0.25) is 11.8 Å². The highest BCUT2D eigenvalue weighted by Crippen LogP contribution is 2.15. The predicted molar refractivity (Wildman–Crippen MR) is 111 cm³/mol. The summed E-state index contributed by atoms with van der Waals surface area (Å²) in [4.78, 5) is 39.6. The Morgan fingerprint density at radius 2 is 1.66 bits per heavy atom. The van der Waals surface area contributed by atoms with Gasteiger partial charge in [0.1, 0.15) is 0 Å². The van der Waals surface area contributed by atoms with Crippen molar-refractivity contribution >= 4 is 17.8 Å². The Labute approximate surface area is 172 Å². The fraction of sp³-hybridized carbons (Fsp3) is 0.591. The van der Waals surface area contributed by atoms with E-state index in [1.54, 1.807) is 0 Å². The third-order valence-corrected chi connectivity index (χ3v) is 5.55. The number of carbonyl (C=O) groups excluding carboxylic acids is 3. The maximum absolute atomic E-state index is 12.0. The molecule has 2 aliphatic heterocycles. The van der Waals surface area contributed by atoms with Crippen LogP contribution in [0.15, 0.2) is 24.3 Å². The van der Waals surface area contributed by atoms with Gasteiger partial charge in [0.15, 0.2) is 0 Å². The fourth-order valence-corrected chi connectivity index (χ4v) is 3.92.